The summed E-state index contributed by atoms with van der Waals surface area (Å²) in [5.41, 5.74) is 2.53. The molecule has 0 unspecified atom stereocenters. The van der Waals surface area contributed by atoms with E-state index >= 15 is 0 Å². The van der Waals surface area contributed by atoms with Crippen LogP contribution >= 0.6 is 0 Å². The van der Waals surface area contributed by atoms with Crippen LogP contribution in [0, 0.1) is 11.3 Å². The first-order chi connectivity index (χ1) is 13.7. The Morgan fingerprint density at radius 3 is 2.71 bits per heavy atom. The Morgan fingerprint density at radius 1 is 1.11 bits per heavy atom. The quantitative estimate of drug-likeness (QED) is 0.660. The smallest absolute Gasteiger partial charge is 0.271 e. The third kappa shape index (κ3) is 4.83. The second-order valence-electron chi connectivity index (χ2n) is 5.94. The monoisotopic (exact) mass is 373 g/mol. The number of hydrogen-bond donors (Lipinski definition) is 2. The number of carbonyl (C=O) groups is 1. The second kappa shape index (κ2) is 9.14. The number of aromatic nitrogens is 2. The van der Waals surface area contributed by atoms with Gasteiger partial charge in [0.05, 0.1) is 18.7 Å². The Labute approximate surface area is 163 Å². The number of para-hydroxylation sites is 1. The SMILES string of the molecule is COc1ccccc1CCNC(=O)c1ccc(Nc2cccc(C#N)c2)nn1. The summed E-state index contributed by atoms with van der Waals surface area (Å²) < 4.78 is 5.30. The standard InChI is InChI=1S/C21H19N5O2/c1-28-19-8-3-2-6-16(19)11-12-23-21(27)18-9-10-20(26-25-18)24-17-7-4-5-15(13-17)14-22/h2-10,13H,11-12H2,1H3,(H,23,27)(H,24,26). The molecule has 7 nitrogen and oxygen atoms in total. The van der Waals surface area contributed by atoms with Crippen LogP contribution in [0.4, 0.5) is 11.5 Å². The highest BCUT2D eigenvalue weighted by atomic mass is 16.5. The normalized spacial score (nSPS) is 10.0. The van der Waals surface area contributed by atoms with Gasteiger partial charge in [0, 0.05) is 12.2 Å². The average molecular weight is 373 g/mol. The summed E-state index contributed by atoms with van der Waals surface area (Å²) in [6, 6.07) is 20.1. The number of nitriles is 1. The first-order valence-electron chi connectivity index (χ1n) is 8.70. The highest BCUT2D eigenvalue weighted by Gasteiger charge is 2.09. The molecule has 3 rings (SSSR count). The van der Waals surface area contributed by atoms with Crippen molar-refractivity contribution in [3.8, 4) is 11.8 Å². The molecule has 3 aromatic rings. The van der Waals surface area contributed by atoms with E-state index in [0.717, 1.165) is 17.0 Å². The maximum Gasteiger partial charge on any atom is 0.271 e. The summed E-state index contributed by atoms with van der Waals surface area (Å²) in [5.74, 6) is 0.994. The van der Waals surface area contributed by atoms with E-state index in [9.17, 15) is 4.79 Å². The van der Waals surface area contributed by atoms with Crippen molar-refractivity contribution in [2.24, 2.45) is 0 Å². The van der Waals surface area contributed by atoms with E-state index < -0.39 is 0 Å². The maximum absolute atomic E-state index is 12.2. The second-order valence-corrected chi connectivity index (χ2v) is 5.94. The van der Waals surface area contributed by atoms with Crippen molar-refractivity contribution in [2.45, 2.75) is 6.42 Å². The van der Waals surface area contributed by atoms with Crippen LogP contribution in [0.15, 0.2) is 60.7 Å². The number of nitrogens with zero attached hydrogens (tertiary/aromatic N) is 3. The van der Waals surface area contributed by atoms with Crippen LogP contribution in [-0.4, -0.2) is 29.8 Å². The first-order valence-corrected chi connectivity index (χ1v) is 8.70. The van der Waals surface area contributed by atoms with Crippen LogP contribution in [0.3, 0.4) is 0 Å². The summed E-state index contributed by atoms with van der Waals surface area (Å²) in [5, 5.41) is 22.8. The summed E-state index contributed by atoms with van der Waals surface area (Å²) >= 11 is 0. The minimum absolute atomic E-state index is 0.233. The molecule has 1 amide bonds. The fraction of sp³-hybridized carbons (Fsp3) is 0.143. The van der Waals surface area contributed by atoms with E-state index in [-0.39, 0.29) is 11.6 Å². The van der Waals surface area contributed by atoms with Crippen LogP contribution in [0.1, 0.15) is 21.6 Å². The van der Waals surface area contributed by atoms with Gasteiger partial charge in [0.1, 0.15) is 5.75 Å². The van der Waals surface area contributed by atoms with Gasteiger partial charge in [-0.25, -0.2) is 0 Å². The van der Waals surface area contributed by atoms with Crippen LogP contribution in [0.25, 0.3) is 0 Å². The Morgan fingerprint density at radius 2 is 1.96 bits per heavy atom. The summed E-state index contributed by atoms with van der Waals surface area (Å²) in [7, 11) is 1.62. The number of carbonyl (C=O) groups excluding carboxylic acids is 1. The lowest BCUT2D eigenvalue weighted by Crippen LogP contribution is -2.26. The van der Waals surface area contributed by atoms with Gasteiger partial charge in [-0.2, -0.15) is 5.26 Å². The number of hydrogen-bond acceptors (Lipinski definition) is 6. The number of amides is 1. The summed E-state index contributed by atoms with van der Waals surface area (Å²) in [6.07, 6.45) is 0.651. The van der Waals surface area contributed by atoms with Crippen molar-refractivity contribution >= 4 is 17.4 Å². The van der Waals surface area contributed by atoms with Crippen LogP contribution in [0.5, 0.6) is 5.75 Å². The van der Waals surface area contributed by atoms with E-state index in [2.05, 4.69) is 26.9 Å². The van der Waals surface area contributed by atoms with Crippen molar-refractivity contribution in [3.05, 3.63) is 77.5 Å². The van der Waals surface area contributed by atoms with Crippen LogP contribution in [0.2, 0.25) is 0 Å². The molecule has 1 heterocycles. The molecule has 2 aromatic carbocycles. The predicted octanol–water partition coefficient (Wildman–Crippen LogP) is 3.07. The lowest BCUT2D eigenvalue weighted by atomic mass is 10.1. The zero-order chi connectivity index (χ0) is 19.8. The third-order valence-electron chi connectivity index (χ3n) is 4.03. The molecule has 0 saturated carbocycles. The predicted molar refractivity (Wildman–Crippen MR) is 106 cm³/mol. The van der Waals surface area contributed by atoms with E-state index in [1.54, 1.807) is 37.4 Å². The van der Waals surface area contributed by atoms with Gasteiger partial charge < -0.3 is 15.4 Å². The molecule has 0 aliphatic heterocycles. The number of rotatable bonds is 7. The minimum Gasteiger partial charge on any atom is -0.496 e. The zero-order valence-electron chi connectivity index (χ0n) is 15.3. The molecule has 7 heteroatoms. The number of nitrogens with one attached hydrogen (secondary N) is 2. The van der Waals surface area contributed by atoms with Crippen molar-refractivity contribution in [1.29, 1.82) is 5.26 Å². The largest absolute Gasteiger partial charge is 0.496 e. The lowest BCUT2D eigenvalue weighted by molar-refractivity contribution is 0.0948. The molecular weight excluding hydrogens is 354 g/mol. The maximum atomic E-state index is 12.2. The van der Waals surface area contributed by atoms with Crippen LogP contribution in [-0.2, 0) is 6.42 Å². The van der Waals surface area contributed by atoms with Crippen molar-refractivity contribution < 1.29 is 9.53 Å². The van der Waals surface area contributed by atoms with E-state index in [1.165, 1.54) is 0 Å². The van der Waals surface area contributed by atoms with Crippen LogP contribution < -0.4 is 15.4 Å². The summed E-state index contributed by atoms with van der Waals surface area (Å²) in [6.45, 7) is 0.460. The highest BCUT2D eigenvalue weighted by molar-refractivity contribution is 5.92. The molecule has 0 radical (unpaired) electrons. The van der Waals surface area contributed by atoms with Crippen molar-refractivity contribution in [2.75, 3.05) is 19.0 Å². The minimum atomic E-state index is -0.291. The molecule has 28 heavy (non-hydrogen) atoms. The van der Waals surface area contributed by atoms with Gasteiger partial charge in [0.25, 0.3) is 5.91 Å². The fourth-order valence-corrected chi connectivity index (χ4v) is 2.65. The van der Waals surface area contributed by atoms with Gasteiger partial charge in [-0.1, -0.05) is 24.3 Å². The average Bonchev–Trinajstić information content (AvgIpc) is 2.74. The Balaban J connectivity index is 1.55. The molecule has 2 N–H and O–H groups in total. The molecular formula is C21H19N5O2. The highest BCUT2D eigenvalue weighted by Crippen LogP contribution is 2.17. The van der Waals surface area contributed by atoms with Gasteiger partial charge in [0.2, 0.25) is 0 Å². The molecule has 140 valence electrons. The fourth-order valence-electron chi connectivity index (χ4n) is 2.65. The van der Waals surface area contributed by atoms with Crippen molar-refractivity contribution in [1.82, 2.24) is 15.5 Å². The molecule has 1 aromatic heterocycles. The topological polar surface area (TPSA) is 99.9 Å². The molecule has 0 spiro atoms. The first kappa shape index (κ1) is 18.9. The summed E-state index contributed by atoms with van der Waals surface area (Å²) in [4.78, 5) is 12.2. The van der Waals surface area contributed by atoms with E-state index in [0.29, 0.717) is 24.3 Å². The van der Waals surface area contributed by atoms with E-state index in [1.807, 2.05) is 30.3 Å². The Hall–Kier alpha value is -3.92. The van der Waals surface area contributed by atoms with Gasteiger partial charge in [-0.15, -0.1) is 10.2 Å². The molecule has 0 bridgehead atoms. The molecule has 0 saturated heterocycles. The molecule has 0 aliphatic carbocycles. The molecule has 0 aliphatic rings. The molecule has 0 fully saturated rings. The Bertz CT molecular complexity index is 996. The van der Waals surface area contributed by atoms with Gasteiger partial charge in [-0.05, 0) is 48.4 Å². The lowest BCUT2D eigenvalue weighted by Gasteiger charge is -2.09. The third-order valence-corrected chi connectivity index (χ3v) is 4.03. The number of ether oxygens (including phenoxy) is 1. The van der Waals surface area contributed by atoms with E-state index in [4.69, 9.17) is 10.00 Å². The van der Waals surface area contributed by atoms with Gasteiger partial charge in [0.15, 0.2) is 11.5 Å². The zero-order valence-corrected chi connectivity index (χ0v) is 15.3. The Kier molecular flexibility index (Phi) is 6.16. The number of benzene rings is 2. The van der Waals surface area contributed by atoms with Gasteiger partial charge >= 0.3 is 0 Å². The van der Waals surface area contributed by atoms with Crippen molar-refractivity contribution in [3.63, 3.8) is 0 Å². The molecule has 0 atom stereocenters. The number of anilines is 2. The van der Waals surface area contributed by atoms with Gasteiger partial charge in [-0.3, -0.25) is 4.79 Å². The number of methoxy groups -OCH3 is 1.